The van der Waals surface area contributed by atoms with Crippen LogP contribution in [0, 0.1) is 0 Å². The molecule has 0 aliphatic carbocycles. The van der Waals surface area contributed by atoms with Crippen molar-refractivity contribution in [3.05, 3.63) is 18.2 Å². The maximum atomic E-state index is 3.37. The van der Waals surface area contributed by atoms with Gasteiger partial charge in [0.25, 0.3) is 0 Å². The summed E-state index contributed by atoms with van der Waals surface area (Å²) in [7, 11) is 2.17. The highest BCUT2D eigenvalue weighted by Crippen LogP contribution is 2.30. The van der Waals surface area contributed by atoms with Gasteiger partial charge in [-0.3, -0.25) is 4.90 Å². The SMILES string of the molecule is CCNc1ccc2sc3[n+](c2c1)CCN3C.[I-]. The summed E-state index contributed by atoms with van der Waals surface area (Å²) in [5, 5.41) is 4.75. The molecule has 3 nitrogen and oxygen atoms in total. The third-order valence-electron chi connectivity index (χ3n) is 3.05. The summed E-state index contributed by atoms with van der Waals surface area (Å²) in [6.45, 7) is 5.35. The van der Waals surface area contributed by atoms with Gasteiger partial charge in [-0.25, -0.2) is 4.57 Å². The summed E-state index contributed by atoms with van der Waals surface area (Å²) in [6.07, 6.45) is 0. The van der Waals surface area contributed by atoms with Crippen LogP contribution in [0.5, 0.6) is 0 Å². The van der Waals surface area contributed by atoms with E-state index in [0.29, 0.717) is 0 Å². The van der Waals surface area contributed by atoms with E-state index < -0.39 is 0 Å². The van der Waals surface area contributed by atoms with Crippen LogP contribution in [0.1, 0.15) is 6.92 Å². The van der Waals surface area contributed by atoms with Crippen molar-refractivity contribution >= 4 is 32.4 Å². The molecule has 92 valence electrons. The van der Waals surface area contributed by atoms with Crippen LogP contribution in [-0.2, 0) is 6.54 Å². The third-order valence-corrected chi connectivity index (χ3v) is 4.33. The number of rotatable bonds is 2. The highest BCUT2D eigenvalue weighted by molar-refractivity contribution is 7.21. The lowest BCUT2D eigenvalue weighted by molar-refractivity contribution is -0.641. The van der Waals surface area contributed by atoms with Crippen LogP contribution in [0.15, 0.2) is 18.2 Å². The van der Waals surface area contributed by atoms with E-state index in [4.69, 9.17) is 0 Å². The average molecular weight is 361 g/mol. The predicted molar refractivity (Wildman–Crippen MR) is 69.5 cm³/mol. The average Bonchev–Trinajstić information content (AvgIpc) is 2.80. The van der Waals surface area contributed by atoms with E-state index in [0.717, 1.165) is 19.6 Å². The van der Waals surface area contributed by atoms with E-state index in [1.807, 2.05) is 11.3 Å². The molecule has 0 spiro atoms. The fourth-order valence-corrected chi connectivity index (χ4v) is 3.38. The Morgan fingerprint density at radius 3 is 3.06 bits per heavy atom. The van der Waals surface area contributed by atoms with Gasteiger partial charge in [0.2, 0.25) is 0 Å². The quantitative estimate of drug-likeness (QED) is 0.551. The van der Waals surface area contributed by atoms with Crippen LogP contribution in [0.25, 0.3) is 10.2 Å². The van der Waals surface area contributed by atoms with Crippen LogP contribution < -0.4 is 38.8 Å². The highest BCUT2D eigenvalue weighted by atomic mass is 127. The van der Waals surface area contributed by atoms with Crippen molar-refractivity contribution in [2.75, 3.05) is 30.4 Å². The van der Waals surface area contributed by atoms with E-state index in [2.05, 4.69) is 47.0 Å². The van der Waals surface area contributed by atoms with Crippen molar-refractivity contribution < 1.29 is 28.5 Å². The van der Waals surface area contributed by atoms with Gasteiger partial charge >= 0.3 is 5.13 Å². The number of nitrogens with zero attached hydrogens (tertiary/aromatic N) is 2. The minimum Gasteiger partial charge on any atom is -1.00 e. The lowest BCUT2D eigenvalue weighted by Crippen LogP contribution is -3.00. The molecule has 2 aromatic rings. The molecule has 5 heteroatoms. The first kappa shape index (κ1) is 12.9. The standard InChI is InChI=1S/C12H16N3S.HI/c1-3-13-9-4-5-11-10(8-9)15-7-6-14(2)12(15)16-11;/h4-5,8,13H,3,6-7H2,1-2H3;1H/q+1;/p-1. The molecule has 3 rings (SSSR count). The lowest BCUT2D eigenvalue weighted by Gasteiger charge is -2.01. The third kappa shape index (κ3) is 2.10. The Hall–Kier alpha value is -0.560. The van der Waals surface area contributed by atoms with Gasteiger partial charge in [0.05, 0.1) is 11.7 Å². The molecule has 0 fully saturated rings. The van der Waals surface area contributed by atoms with Crippen molar-refractivity contribution in [3.8, 4) is 0 Å². The van der Waals surface area contributed by atoms with Crippen molar-refractivity contribution in [2.45, 2.75) is 13.5 Å². The molecule has 1 aliphatic rings. The fraction of sp³-hybridized carbons (Fsp3) is 0.417. The van der Waals surface area contributed by atoms with Gasteiger partial charge in [-0.05, 0) is 30.4 Å². The number of thiazole rings is 1. The van der Waals surface area contributed by atoms with Crippen LogP contribution >= 0.6 is 11.3 Å². The van der Waals surface area contributed by atoms with E-state index >= 15 is 0 Å². The second-order valence-electron chi connectivity index (χ2n) is 4.17. The van der Waals surface area contributed by atoms with Crippen LogP contribution in [0.2, 0.25) is 0 Å². The molecule has 2 heterocycles. The molecule has 17 heavy (non-hydrogen) atoms. The zero-order chi connectivity index (χ0) is 11.1. The van der Waals surface area contributed by atoms with Crippen molar-refractivity contribution in [2.24, 2.45) is 0 Å². The minimum absolute atomic E-state index is 0. The largest absolute Gasteiger partial charge is 1.00 e. The Bertz CT molecular complexity index is 538. The number of likely N-dealkylation sites (N-methyl/N-ethyl adjacent to an activating group) is 1. The molecule has 0 amide bonds. The first-order chi connectivity index (χ1) is 7.79. The number of halogens is 1. The summed E-state index contributed by atoms with van der Waals surface area (Å²) in [5.74, 6) is 0. The summed E-state index contributed by atoms with van der Waals surface area (Å²) in [6, 6.07) is 6.65. The van der Waals surface area contributed by atoms with E-state index in [9.17, 15) is 0 Å². The Balaban J connectivity index is 0.00000108. The zero-order valence-corrected chi connectivity index (χ0v) is 13.0. The lowest BCUT2D eigenvalue weighted by atomic mass is 10.3. The Morgan fingerprint density at radius 2 is 2.29 bits per heavy atom. The van der Waals surface area contributed by atoms with Crippen molar-refractivity contribution in [1.29, 1.82) is 0 Å². The summed E-state index contributed by atoms with van der Waals surface area (Å²) >= 11 is 1.88. The van der Waals surface area contributed by atoms with Gasteiger partial charge in [0, 0.05) is 18.3 Å². The summed E-state index contributed by atoms with van der Waals surface area (Å²) in [4.78, 5) is 2.33. The van der Waals surface area contributed by atoms with Gasteiger partial charge in [0.15, 0.2) is 0 Å². The fourth-order valence-electron chi connectivity index (χ4n) is 2.23. The molecule has 0 saturated carbocycles. The van der Waals surface area contributed by atoms with Gasteiger partial charge in [-0.2, -0.15) is 0 Å². The van der Waals surface area contributed by atoms with Crippen LogP contribution in [-0.4, -0.2) is 20.1 Å². The molecule has 0 bridgehead atoms. The van der Waals surface area contributed by atoms with E-state index in [1.54, 1.807) is 0 Å². The van der Waals surface area contributed by atoms with E-state index in [1.165, 1.54) is 21.0 Å². The number of hydrogen-bond acceptors (Lipinski definition) is 3. The topological polar surface area (TPSA) is 19.1 Å². The Kier molecular flexibility index (Phi) is 3.77. The summed E-state index contributed by atoms with van der Waals surface area (Å²) in [5.41, 5.74) is 2.58. The number of nitrogens with one attached hydrogen (secondary N) is 1. The molecule has 0 saturated heterocycles. The van der Waals surface area contributed by atoms with Crippen molar-refractivity contribution in [1.82, 2.24) is 0 Å². The Morgan fingerprint density at radius 1 is 1.47 bits per heavy atom. The minimum atomic E-state index is 0. The predicted octanol–water partition coefficient (Wildman–Crippen LogP) is -0.926. The molecule has 1 aromatic heterocycles. The maximum Gasteiger partial charge on any atom is 0.337 e. The van der Waals surface area contributed by atoms with Gasteiger partial charge in [-0.1, -0.05) is 0 Å². The molecule has 1 N–H and O–H groups in total. The van der Waals surface area contributed by atoms with Gasteiger partial charge in [-0.15, -0.1) is 0 Å². The highest BCUT2D eigenvalue weighted by Gasteiger charge is 2.28. The second-order valence-corrected chi connectivity index (χ2v) is 5.18. The molecule has 1 aromatic carbocycles. The second kappa shape index (κ2) is 4.97. The van der Waals surface area contributed by atoms with E-state index in [-0.39, 0.29) is 24.0 Å². The molecule has 0 radical (unpaired) electrons. The first-order valence-corrected chi connectivity index (χ1v) is 6.52. The molecular weight excluding hydrogens is 345 g/mol. The monoisotopic (exact) mass is 361 g/mol. The number of fused-ring (bicyclic) bond motifs is 3. The molecular formula is C12H16IN3S. The number of aromatic nitrogens is 1. The Labute approximate surface area is 122 Å². The maximum absolute atomic E-state index is 3.37. The number of anilines is 2. The van der Waals surface area contributed by atoms with Gasteiger partial charge < -0.3 is 29.3 Å². The zero-order valence-electron chi connectivity index (χ0n) is 10.0. The van der Waals surface area contributed by atoms with Crippen LogP contribution in [0.4, 0.5) is 10.8 Å². The first-order valence-electron chi connectivity index (χ1n) is 5.71. The number of hydrogen-bond donors (Lipinski definition) is 1. The summed E-state index contributed by atoms with van der Waals surface area (Å²) < 4.78 is 3.80. The molecule has 0 atom stereocenters. The molecule has 0 unspecified atom stereocenters. The molecule has 1 aliphatic heterocycles. The van der Waals surface area contributed by atoms with Crippen LogP contribution in [0.3, 0.4) is 0 Å². The smallest absolute Gasteiger partial charge is 0.337 e. The normalized spacial score (nSPS) is 13.6. The van der Waals surface area contributed by atoms with Gasteiger partial charge in [0.1, 0.15) is 18.6 Å². The number of benzene rings is 1. The van der Waals surface area contributed by atoms with Crippen molar-refractivity contribution in [3.63, 3.8) is 0 Å².